The van der Waals surface area contributed by atoms with Crippen molar-refractivity contribution in [1.29, 1.82) is 0 Å². The molecule has 2 fully saturated rings. The number of rotatable bonds is 6. The number of benzene rings is 1. The van der Waals surface area contributed by atoms with E-state index in [9.17, 15) is 4.79 Å². The third-order valence-corrected chi connectivity index (χ3v) is 5.95. The van der Waals surface area contributed by atoms with Gasteiger partial charge in [0.2, 0.25) is 5.91 Å². The maximum Gasteiger partial charge on any atom is 0.220 e. The van der Waals surface area contributed by atoms with Crippen LogP contribution in [0.25, 0.3) is 0 Å². The molecule has 4 heteroatoms. The molecular formula is C21H31NO3. The smallest absolute Gasteiger partial charge is 0.220 e. The lowest BCUT2D eigenvalue weighted by atomic mass is 9.73. The number of carbonyl (C=O) groups excluding carboxylic acids is 1. The number of aryl methyl sites for hydroxylation is 1. The predicted molar refractivity (Wildman–Crippen MR) is 99.0 cm³/mol. The molecule has 1 amide bonds. The number of nitrogens with one attached hydrogen (secondary N) is 1. The van der Waals surface area contributed by atoms with Gasteiger partial charge in [0.15, 0.2) is 0 Å². The Morgan fingerprint density at radius 1 is 1.28 bits per heavy atom. The summed E-state index contributed by atoms with van der Waals surface area (Å²) in [4.78, 5) is 12.5. The normalized spacial score (nSPS) is 20.4. The van der Waals surface area contributed by atoms with Crippen LogP contribution >= 0.6 is 0 Å². The van der Waals surface area contributed by atoms with E-state index >= 15 is 0 Å². The summed E-state index contributed by atoms with van der Waals surface area (Å²) < 4.78 is 11.3. The van der Waals surface area contributed by atoms with E-state index in [0.29, 0.717) is 18.9 Å². The summed E-state index contributed by atoms with van der Waals surface area (Å²) in [7, 11) is 1.72. The van der Waals surface area contributed by atoms with E-state index in [2.05, 4.69) is 24.4 Å². The van der Waals surface area contributed by atoms with Gasteiger partial charge in [0.25, 0.3) is 0 Å². The zero-order valence-corrected chi connectivity index (χ0v) is 15.6. The second-order valence-electron chi connectivity index (χ2n) is 7.73. The zero-order chi connectivity index (χ0) is 17.7. The summed E-state index contributed by atoms with van der Waals surface area (Å²) >= 11 is 0. The van der Waals surface area contributed by atoms with Gasteiger partial charge in [0.05, 0.1) is 7.11 Å². The third-order valence-electron chi connectivity index (χ3n) is 5.95. The third kappa shape index (κ3) is 4.35. The van der Waals surface area contributed by atoms with Crippen LogP contribution in [0.1, 0.15) is 56.1 Å². The Morgan fingerprint density at radius 2 is 2.00 bits per heavy atom. The predicted octanol–water partition coefficient (Wildman–Crippen LogP) is 3.75. The van der Waals surface area contributed by atoms with Crippen molar-refractivity contribution in [3.05, 3.63) is 29.3 Å². The summed E-state index contributed by atoms with van der Waals surface area (Å²) in [6.45, 7) is 4.24. The Labute approximate surface area is 151 Å². The molecule has 1 aromatic rings. The van der Waals surface area contributed by atoms with E-state index in [1.165, 1.54) is 36.8 Å². The van der Waals surface area contributed by atoms with Gasteiger partial charge in [-0.2, -0.15) is 0 Å². The Bertz CT molecular complexity index is 587. The second-order valence-corrected chi connectivity index (χ2v) is 7.73. The van der Waals surface area contributed by atoms with E-state index in [-0.39, 0.29) is 11.3 Å². The summed E-state index contributed by atoms with van der Waals surface area (Å²) in [6.07, 6.45) is 7.47. The van der Waals surface area contributed by atoms with Crippen molar-refractivity contribution in [3.63, 3.8) is 0 Å². The van der Waals surface area contributed by atoms with Crippen molar-refractivity contribution in [1.82, 2.24) is 5.32 Å². The van der Waals surface area contributed by atoms with Crippen LogP contribution < -0.4 is 10.1 Å². The molecule has 1 aliphatic heterocycles. The maximum absolute atomic E-state index is 12.5. The van der Waals surface area contributed by atoms with Crippen molar-refractivity contribution < 1.29 is 14.3 Å². The molecule has 3 rings (SSSR count). The van der Waals surface area contributed by atoms with Crippen LogP contribution in [0.5, 0.6) is 5.75 Å². The largest absolute Gasteiger partial charge is 0.496 e. The average molecular weight is 345 g/mol. The molecule has 1 N–H and O–H groups in total. The van der Waals surface area contributed by atoms with Crippen LogP contribution in [0, 0.1) is 12.8 Å². The quantitative estimate of drug-likeness (QED) is 0.854. The summed E-state index contributed by atoms with van der Waals surface area (Å²) in [6, 6.07) is 6.34. The summed E-state index contributed by atoms with van der Waals surface area (Å²) in [5, 5.41) is 3.24. The fourth-order valence-corrected chi connectivity index (χ4v) is 4.36. The van der Waals surface area contributed by atoms with Crippen LogP contribution in [-0.2, 0) is 14.9 Å². The minimum absolute atomic E-state index is 0.0963. The van der Waals surface area contributed by atoms with E-state index < -0.39 is 0 Å². The highest BCUT2D eigenvalue weighted by molar-refractivity contribution is 5.76. The Kier molecular flexibility index (Phi) is 6.00. The summed E-state index contributed by atoms with van der Waals surface area (Å²) in [5.41, 5.74) is 2.33. The lowest BCUT2D eigenvalue weighted by Crippen LogP contribution is -2.45. The van der Waals surface area contributed by atoms with Gasteiger partial charge in [-0.25, -0.2) is 0 Å². The standard InChI is InChI=1S/C21H31NO3/c1-16-7-8-19(24-2)18(13-16)21(9-11-25-12-10-21)15-22-20(23)14-17-5-3-4-6-17/h7-8,13,17H,3-6,9-12,14-15H2,1-2H3,(H,22,23). The van der Waals surface area contributed by atoms with Crippen molar-refractivity contribution in [2.45, 2.75) is 57.3 Å². The number of amides is 1. The molecule has 0 spiro atoms. The fourth-order valence-electron chi connectivity index (χ4n) is 4.36. The number of hydrogen-bond acceptors (Lipinski definition) is 3. The van der Waals surface area contributed by atoms with Crippen LogP contribution in [-0.4, -0.2) is 32.8 Å². The van der Waals surface area contributed by atoms with Gasteiger partial charge >= 0.3 is 0 Å². The number of ether oxygens (including phenoxy) is 2. The first-order valence-electron chi connectivity index (χ1n) is 9.62. The lowest BCUT2D eigenvalue weighted by Gasteiger charge is -2.39. The van der Waals surface area contributed by atoms with Crippen molar-refractivity contribution >= 4 is 5.91 Å². The molecule has 1 saturated carbocycles. The first-order chi connectivity index (χ1) is 12.1. The molecule has 1 saturated heterocycles. The van der Waals surface area contributed by atoms with Gasteiger partial charge in [-0.1, -0.05) is 30.5 Å². The van der Waals surface area contributed by atoms with Gasteiger partial charge in [0, 0.05) is 37.2 Å². The number of hydrogen-bond donors (Lipinski definition) is 1. The van der Waals surface area contributed by atoms with Crippen LogP contribution in [0.3, 0.4) is 0 Å². The molecule has 138 valence electrons. The van der Waals surface area contributed by atoms with Gasteiger partial charge in [-0.15, -0.1) is 0 Å². The minimum Gasteiger partial charge on any atom is -0.496 e. The molecular weight excluding hydrogens is 314 g/mol. The maximum atomic E-state index is 12.5. The van der Waals surface area contributed by atoms with E-state index in [1.54, 1.807) is 7.11 Å². The summed E-state index contributed by atoms with van der Waals surface area (Å²) in [5.74, 6) is 1.70. The van der Waals surface area contributed by atoms with Crippen molar-refractivity contribution in [2.75, 3.05) is 26.9 Å². The molecule has 2 aliphatic rings. The molecule has 0 atom stereocenters. The van der Waals surface area contributed by atoms with Gasteiger partial charge in [-0.05, 0) is 44.6 Å². The number of methoxy groups -OCH3 is 1. The highest BCUT2D eigenvalue weighted by Gasteiger charge is 2.37. The Hall–Kier alpha value is -1.55. The van der Waals surface area contributed by atoms with Gasteiger partial charge in [0.1, 0.15) is 5.75 Å². The van der Waals surface area contributed by atoms with Crippen LogP contribution in [0.2, 0.25) is 0 Å². The van der Waals surface area contributed by atoms with Crippen molar-refractivity contribution in [2.24, 2.45) is 5.92 Å². The topological polar surface area (TPSA) is 47.6 Å². The lowest BCUT2D eigenvalue weighted by molar-refractivity contribution is -0.122. The van der Waals surface area contributed by atoms with E-state index in [4.69, 9.17) is 9.47 Å². The first kappa shape index (κ1) is 18.2. The Balaban J connectivity index is 1.74. The zero-order valence-electron chi connectivity index (χ0n) is 15.6. The van der Waals surface area contributed by atoms with Crippen molar-refractivity contribution in [3.8, 4) is 5.75 Å². The Morgan fingerprint density at radius 3 is 2.68 bits per heavy atom. The molecule has 1 aliphatic carbocycles. The highest BCUT2D eigenvalue weighted by Crippen LogP contribution is 2.40. The van der Waals surface area contributed by atoms with Gasteiger partial charge in [-0.3, -0.25) is 4.79 Å². The van der Waals surface area contributed by atoms with Gasteiger partial charge < -0.3 is 14.8 Å². The second kappa shape index (κ2) is 8.22. The average Bonchev–Trinajstić information content (AvgIpc) is 3.14. The molecule has 4 nitrogen and oxygen atoms in total. The fraction of sp³-hybridized carbons (Fsp3) is 0.667. The minimum atomic E-state index is -0.0963. The van der Waals surface area contributed by atoms with E-state index in [0.717, 1.165) is 31.8 Å². The SMILES string of the molecule is COc1ccc(C)cc1C1(CNC(=O)CC2CCCC2)CCOCC1. The molecule has 1 heterocycles. The molecule has 0 unspecified atom stereocenters. The monoisotopic (exact) mass is 345 g/mol. The molecule has 0 radical (unpaired) electrons. The van der Waals surface area contributed by atoms with E-state index in [1.807, 2.05) is 6.07 Å². The number of carbonyl (C=O) groups is 1. The first-order valence-corrected chi connectivity index (χ1v) is 9.62. The van der Waals surface area contributed by atoms with Crippen LogP contribution in [0.15, 0.2) is 18.2 Å². The highest BCUT2D eigenvalue weighted by atomic mass is 16.5. The molecule has 0 aromatic heterocycles. The van der Waals surface area contributed by atoms with Crippen LogP contribution in [0.4, 0.5) is 0 Å². The molecule has 1 aromatic carbocycles. The molecule has 25 heavy (non-hydrogen) atoms. The molecule has 0 bridgehead atoms.